The van der Waals surface area contributed by atoms with Crippen molar-refractivity contribution >= 4 is 34.8 Å². The molecule has 0 radical (unpaired) electrons. The van der Waals surface area contributed by atoms with Crippen molar-refractivity contribution in [1.29, 1.82) is 0 Å². The summed E-state index contributed by atoms with van der Waals surface area (Å²) in [7, 11) is 0. The minimum absolute atomic E-state index is 0.0492. The van der Waals surface area contributed by atoms with Crippen LogP contribution in [0.1, 0.15) is 31.7 Å². The largest absolute Gasteiger partial charge is 0.326 e. The molecule has 3 saturated carbocycles. The van der Waals surface area contributed by atoms with Crippen LogP contribution in [0.15, 0.2) is 42.5 Å². The number of amides is 1. The quantitative estimate of drug-likeness (QED) is 0.672. The van der Waals surface area contributed by atoms with E-state index < -0.39 is 5.82 Å². The third-order valence-corrected chi connectivity index (χ3v) is 6.67. The number of benzene rings is 2. The molecule has 6 heteroatoms. The normalized spacial score (nSPS) is 26.7. The summed E-state index contributed by atoms with van der Waals surface area (Å²) >= 11 is 11.7. The molecule has 0 aliphatic heterocycles. The number of nitrogens with one attached hydrogen (secondary N) is 2. The highest BCUT2D eigenvalue weighted by Gasteiger charge is 2.70. The molecule has 2 N–H and O–H groups in total. The average Bonchev–Trinajstić information content (AvgIpc) is 2.55. The molecular weight excluding hydrogens is 386 g/mol. The predicted molar refractivity (Wildman–Crippen MR) is 107 cm³/mol. The van der Waals surface area contributed by atoms with Crippen molar-refractivity contribution in [2.24, 2.45) is 11.3 Å². The van der Waals surface area contributed by atoms with Crippen molar-refractivity contribution in [3.05, 3.63) is 63.9 Å². The summed E-state index contributed by atoms with van der Waals surface area (Å²) in [4.78, 5) is 12.6. The summed E-state index contributed by atoms with van der Waals surface area (Å²) in [5.74, 6) is -0.720. The topological polar surface area (TPSA) is 41.1 Å². The second-order valence-corrected chi connectivity index (χ2v) is 8.84. The fraction of sp³-hybridized carbons (Fsp3) is 0.381. The van der Waals surface area contributed by atoms with Crippen LogP contribution in [0.2, 0.25) is 10.0 Å². The van der Waals surface area contributed by atoms with E-state index in [1.54, 1.807) is 6.07 Å². The Bertz CT molecular complexity index is 882. The van der Waals surface area contributed by atoms with Crippen LogP contribution in [-0.2, 0) is 11.3 Å². The summed E-state index contributed by atoms with van der Waals surface area (Å²) in [6.07, 6.45) is 2.97. The van der Waals surface area contributed by atoms with Gasteiger partial charge in [0.1, 0.15) is 5.82 Å². The predicted octanol–water partition coefficient (Wildman–Crippen LogP) is 5.42. The first-order valence-electron chi connectivity index (χ1n) is 9.06. The Morgan fingerprint density at radius 1 is 1.19 bits per heavy atom. The SMILES string of the molecule is CC(C(=O)Nc1ccc(Cl)c(F)c1)C12CC(NCc3cccc(Cl)c3)(C1)C2. The Labute approximate surface area is 168 Å². The second-order valence-electron chi connectivity index (χ2n) is 8.00. The van der Waals surface area contributed by atoms with E-state index >= 15 is 0 Å². The standard InChI is InChI=1S/C21H21Cl2FN2O/c1-13(19(27)26-16-5-6-17(23)18(24)8-16)20-10-21(11-20,12-20)25-9-14-3-2-4-15(22)7-14/h2-8,13,25H,9-12H2,1H3,(H,26,27). The van der Waals surface area contributed by atoms with Gasteiger partial charge in [-0.2, -0.15) is 0 Å². The van der Waals surface area contributed by atoms with E-state index in [-0.39, 0.29) is 27.8 Å². The fourth-order valence-corrected chi connectivity index (χ4v) is 4.88. The van der Waals surface area contributed by atoms with Gasteiger partial charge in [0.2, 0.25) is 5.91 Å². The lowest BCUT2D eigenvalue weighted by atomic mass is 9.36. The third-order valence-electron chi connectivity index (χ3n) is 6.13. The van der Waals surface area contributed by atoms with E-state index in [1.165, 1.54) is 12.1 Å². The molecule has 0 aromatic heterocycles. The minimum Gasteiger partial charge on any atom is -0.326 e. The Hall–Kier alpha value is -1.62. The van der Waals surface area contributed by atoms with Gasteiger partial charge in [0.15, 0.2) is 0 Å². The zero-order chi connectivity index (χ0) is 19.2. The van der Waals surface area contributed by atoms with Crippen LogP contribution in [-0.4, -0.2) is 11.4 Å². The Kier molecular flexibility index (Phi) is 4.69. The van der Waals surface area contributed by atoms with Crippen LogP contribution < -0.4 is 10.6 Å². The number of rotatable bonds is 6. The molecule has 0 saturated heterocycles. The first-order valence-corrected chi connectivity index (χ1v) is 9.82. The van der Waals surface area contributed by atoms with Gasteiger partial charge in [0.25, 0.3) is 0 Å². The van der Waals surface area contributed by atoms with E-state index in [2.05, 4.69) is 16.7 Å². The maximum Gasteiger partial charge on any atom is 0.227 e. The van der Waals surface area contributed by atoms with Crippen LogP contribution in [0.3, 0.4) is 0 Å². The number of hydrogen-bond donors (Lipinski definition) is 2. The molecular formula is C21H21Cl2FN2O. The average molecular weight is 407 g/mol. The summed E-state index contributed by atoms with van der Waals surface area (Å²) in [5, 5.41) is 7.24. The van der Waals surface area contributed by atoms with Crippen molar-refractivity contribution in [3.63, 3.8) is 0 Å². The van der Waals surface area contributed by atoms with Crippen molar-refractivity contribution in [2.45, 2.75) is 38.3 Å². The van der Waals surface area contributed by atoms with E-state index in [9.17, 15) is 9.18 Å². The number of anilines is 1. The van der Waals surface area contributed by atoms with E-state index in [0.29, 0.717) is 5.69 Å². The van der Waals surface area contributed by atoms with Gasteiger partial charge in [-0.25, -0.2) is 4.39 Å². The van der Waals surface area contributed by atoms with Gasteiger partial charge in [-0.15, -0.1) is 0 Å². The van der Waals surface area contributed by atoms with Crippen LogP contribution in [0.25, 0.3) is 0 Å². The zero-order valence-electron chi connectivity index (χ0n) is 15.0. The number of carbonyl (C=O) groups excluding carboxylic acids is 1. The highest BCUT2D eigenvalue weighted by Crippen LogP contribution is 2.70. The van der Waals surface area contributed by atoms with Crippen molar-refractivity contribution < 1.29 is 9.18 Å². The summed E-state index contributed by atoms with van der Waals surface area (Å²) in [6, 6.07) is 12.2. The molecule has 3 aliphatic rings. The first-order chi connectivity index (χ1) is 12.8. The summed E-state index contributed by atoms with van der Waals surface area (Å²) < 4.78 is 13.6. The number of halogens is 3. The maximum atomic E-state index is 13.6. The molecule has 1 unspecified atom stereocenters. The smallest absolute Gasteiger partial charge is 0.227 e. The van der Waals surface area contributed by atoms with Crippen molar-refractivity contribution in [2.75, 3.05) is 5.32 Å². The molecule has 1 atom stereocenters. The molecule has 0 spiro atoms. The van der Waals surface area contributed by atoms with Crippen LogP contribution >= 0.6 is 23.2 Å². The molecule has 2 bridgehead atoms. The van der Waals surface area contributed by atoms with E-state index in [0.717, 1.165) is 36.4 Å². The zero-order valence-corrected chi connectivity index (χ0v) is 16.5. The summed E-state index contributed by atoms with van der Waals surface area (Å²) in [6.45, 7) is 2.74. The molecule has 3 fully saturated rings. The molecule has 0 heterocycles. The minimum atomic E-state index is -0.531. The van der Waals surface area contributed by atoms with Gasteiger partial charge in [-0.1, -0.05) is 42.3 Å². The lowest BCUT2D eigenvalue weighted by Crippen LogP contribution is -2.76. The first kappa shape index (κ1) is 18.7. The maximum absolute atomic E-state index is 13.6. The van der Waals surface area contributed by atoms with Crippen molar-refractivity contribution in [3.8, 4) is 0 Å². The lowest BCUT2D eigenvalue weighted by molar-refractivity contribution is -0.190. The Morgan fingerprint density at radius 2 is 1.93 bits per heavy atom. The third kappa shape index (κ3) is 3.46. The molecule has 27 heavy (non-hydrogen) atoms. The highest BCUT2D eigenvalue weighted by atomic mass is 35.5. The molecule has 3 aliphatic carbocycles. The van der Waals surface area contributed by atoms with Gasteiger partial charge in [-0.05, 0) is 60.6 Å². The van der Waals surface area contributed by atoms with Crippen LogP contribution in [0, 0.1) is 17.2 Å². The molecule has 142 valence electrons. The number of hydrogen-bond acceptors (Lipinski definition) is 2. The van der Waals surface area contributed by atoms with Gasteiger partial charge in [0.05, 0.1) is 5.02 Å². The van der Waals surface area contributed by atoms with Gasteiger partial charge < -0.3 is 10.6 Å². The molecule has 2 aromatic rings. The van der Waals surface area contributed by atoms with Gasteiger partial charge in [0, 0.05) is 28.7 Å². The Morgan fingerprint density at radius 3 is 2.59 bits per heavy atom. The fourth-order valence-electron chi connectivity index (χ4n) is 4.55. The van der Waals surface area contributed by atoms with E-state index in [1.807, 2.05) is 25.1 Å². The van der Waals surface area contributed by atoms with Crippen molar-refractivity contribution in [1.82, 2.24) is 5.32 Å². The lowest BCUT2D eigenvalue weighted by Gasteiger charge is -2.73. The number of carbonyl (C=O) groups is 1. The molecule has 3 nitrogen and oxygen atoms in total. The molecule has 5 rings (SSSR count). The molecule has 1 amide bonds. The van der Waals surface area contributed by atoms with E-state index in [4.69, 9.17) is 23.2 Å². The second kappa shape index (κ2) is 6.77. The highest BCUT2D eigenvalue weighted by molar-refractivity contribution is 6.31. The van der Waals surface area contributed by atoms with Crippen LogP contribution in [0.5, 0.6) is 0 Å². The van der Waals surface area contributed by atoms with Gasteiger partial charge in [-0.3, -0.25) is 4.79 Å². The Balaban J connectivity index is 1.31. The monoisotopic (exact) mass is 406 g/mol. The molecule has 2 aromatic carbocycles. The van der Waals surface area contributed by atoms with Crippen LogP contribution in [0.4, 0.5) is 10.1 Å². The van der Waals surface area contributed by atoms with Gasteiger partial charge >= 0.3 is 0 Å². The summed E-state index contributed by atoms with van der Waals surface area (Å²) in [5.41, 5.74) is 1.80.